The van der Waals surface area contributed by atoms with Crippen LogP contribution in [0.25, 0.3) is 0 Å². The van der Waals surface area contributed by atoms with E-state index in [4.69, 9.17) is 16.6 Å². The molecule has 1 heterocycles. The van der Waals surface area contributed by atoms with E-state index in [9.17, 15) is 19.2 Å². The molecule has 0 aromatic heterocycles. The molecule has 1 saturated heterocycles. The Balaban J connectivity index is 2.46. The lowest BCUT2D eigenvalue weighted by atomic mass is 10.1. The maximum atomic E-state index is 12.1. The zero-order valence-corrected chi connectivity index (χ0v) is 13.9. The first-order valence-corrected chi connectivity index (χ1v) is 7.89. The van der Waals surface area contributed by atoms with Crippen molar-refractivity contribution in [3.05, 3.63) is 0 Å². The van der Waals surface area contributed by atoms with E-state index < -0.39 is 35.9 Å². The molecule has 0 aromatic rings. The topological polar surface area (TPSA) is 189 Å². The van der Waals surface area contributed by atoms with Crippen molar-refractivity contribution in [3.63, 3.8) is 0 Å². The largest absolute Gasteiger partial charge is 0.480 e. The lowest BCUT2D eigenvalue weighted by Crippen LogP contribution is -2.53. The fourth-order valence-corrected chi connectivity index (χ4v) is 2.25. The van der Waals surface area contributed by atoms with Crippen LogP contribution in [0.4, 0.5) is 0 Å². The first kappa shape index (κ1) is 20.2. The maximum Gasteiger partial charge on any atom is 0.326 e. The molecule has 1 fully saturated rings. The van der Waals surface area contributed by atoms with Gasteiger partial charge in [0.25, 0.3) is 0 Å². The van der Waals surface area contributed by atoms with Crippen molar-refractivity contribution >= 4 is 29.7 Å². The van der Waals surface area contributed by atoms with Gasteiger partial charge in [-0.3, -0.25) is 19.4 Å². The Hall–Kier alpha value is -2.85. The predicted molar refractivity (Wildman–Crippen MR) is 88.2 cm³/mol. The number of carboxylic acid groups (broad SMARTS) is 1. The quantitative estimate of drug-likeness (QED) is 0.148. The van der Waals surface area contributed by atoms with Crippen molar-refractivity contribution in [2.75, 3.05) is 6.54 Å². The smallest absolute Gasteiger partial charge is 0.326 e. The summed E-state index contributed by atoms with van der Waals surface area (Å²) in [4.78, 5) is 50.1. The summed E-state index contributed by atoms with van der Waals surface area (Å²) in [5.74, 6) is -2.62. The molecule has 1 rings (SSSR count). The SMILES string of the molecule is C[C@H](NC(=O)[C@@H]1CCC(=O)N1)C(=O)N[C@@H](CCCN=C(N)N)C(=O)O. The average molecular weight is 356 g/mol. The number of carbonyl (C=O) groups excluding carboxylic acids is 3. The van der Waals surface area contributed by atoms with Crippen molar-refractivity contribution in [1.29, 1.82) is 0 Å². The highest BCUT2D eigenvalue weighted by Gasteiger charge is 2.30. The van der Waals surface area contributed by atoms with Crippen LogP contribution in [-0.4, -0.2) is 59.4 Å². The molecule has 11 heteroatoms. The Kier molecular flexibility index (Phi) is 7.63. The number of hydrogen-bond acceptors (Lipinski definition) is 5. The van der Waals surface area contributed by atoms with Crippen LogP contribution in [0.15, 0.2) is 4.99 Å². The first-order valence-electron chi connectivity index (χ1n) is 7.89. The Morgan fingerprint density at radius 1 is 1.36 bits per heavy atom. The fourth-order valence-electron chi connectivity index (χ4n) is 2.25. The molecule has 3 amide bonds. The molecule has 0 unspecified atom stereocenters. The summed E-state index contributed by atoms with van der Waals surface area (Å²) < 4.78 is 0. The fraction of sp³-hybridized carbons (Fsp3) is 0.643. The van der Waals surface area contributed by atoms with Crippen LogP contribution in [0.3, 0.4) is 0 Å². The molecule has 0 bridgehead atoms. The Labute approximate surface area is 144 Å². The number of nitrogens with two attached hydrogens (primary N) is 2. The standard InChI is InChI=1S/C14H24N6O5/c1-7(18-12(23)8-4-5-10(21)19-8)11(22)20-9(13(24)25)3-2-6-17-14(15)16/h7-9H,2-6H2,1H3,(H,18,23)(H,19,21)(H,20,22)(H,24,25)(H4,15,16,17)/t7-,8-,9-/m0/s1. The van der Waals surface area contributed by atoms with Gasteiger partial charge in [0, 0.05) is 13.0 Å². The van der Waals surface area contributed by atoms with Crippen molar-refractivity contribution < 1.29 is 24.3 Å². The normalized spacial score (nSPS) is 18.6. The van der Waals surface area contributed by atoms with Crippen molar-refractivity contribution in [2.24, 2.45) is 16.5 Å². The predicted octanol–water partition coefficient (Wildman–Crippen LogP) is -2.61. The molecule has 0 spiro atoms. The summed E-state index contributed by atoms with van der Waals surface area (Å²) in [5.41, 5.74) is 10.3. The van der Waals surface area contributed by atoms with Crippen LogP contribution in [-0.2, 0) is 19.2 Å². The zero-order chi connectivity index (χ0) is 19.0. The van der Waals surface area contributed by atoms with Crippen LogP contribution in [0, 0.1) is 0 Å². The van der Waals surface area contributed by atoms with Crippen LogP contribution in [0.2, 0.25) is 0 Å². The lowest BCUT2D eigenvalue weighted by Gasteiger charge is -2.20. The van der Waals surface area contributed by atoms with Gasteiger partial charge in [-0.1, -0.05) is 0 Å². The number of aliphatic carboxylic acids is 1. The number of nitrogens with one attached hydrogen (secondary N) is 3. The molecule has 0 aromatic carbocycles. The molecule has 0 saturated carbocycles. The molecule has 1 aliphatic rings. The zero-order valence-electron chi connectivity index (χ0n) is 13.9. The van der Waals surface area contributed by atoms with Gasteiger partial charge < -0.3 is 32.5 Å². The van der Waals surface area contributed by atoms with E-state index in [0.717, 1.165) is 0 Å². The maximum absolute atomic E-state index is 12.1. The van der Waals surface area contributed by atoms with Gasteiger partial charge in [0.15, 0.2) is 5.96 Å². The molecular formula is C14H24N6O5. The highest BCUT2D eigenvalue weighted by atomic mass is 16.4. The highest BCUT2D eigenvalue weighted by Crippen LogP contribution is 2.06. The second-order valence-corrected chi connectivity index (χ2v) is 5.74. The number of carboxylic acids is 1. The summed E-state index contributed by atoms with van der Waals surface area (Å²) in [5, 5.41) is 16.5. The van der Waals surface area contributed by atoms with Gasteiger partial charge in [-0.05, 0) is 26.2 Å². The monoisotopic (exact) mass is 356 g/mol. The number of nitrogens with zero attached hydrogens (tertiary/aromatic N) is 1. The van der Waals surface area contributed by atoms with E-state index in [2.05, 4.69) is 20.9 Å². The summed E-state index contributed by atoms with van der Waals surface area (Å²) in [6, 6.07) is -2.73. The van der Waals surface area contributed by atoms with E-state index >= 15 is 0 Å². The number of aliphatic imine (C=N–C) groups is 1. The van der Waals surface area contributed by atoms with E-state index in [1.807, 2.05) is 0 Å². The van der Waals surface area contributed by atoms with Gasteiger partial charge in [-0.25, -0.2) is 4.79 Å². The van der Waals surface area contributed by atoms with E-state index in [0.29, 0.717) is 12.8 Å². The molecule has 1 aliphatic heterocycles. The molecule has 3 atom stereocenters. The lowest BCUT2D eigenvalue weighted by molar-refractivity contribution is -0.142. The average Bonchev–Trinajstić information content (AvgIpc) is 2.96. The molecule has 0 aliphatic carbocycles. The van der Waals surface area contributed by atoms with Crippen molar-refractivity contribution in [1.82, 2.24) is 16.0 Å². The third kappa shape index (κ3) is 7.06. The number of hydrogen-bond donors (Lipinski definition) is 6. The van der Waals surface area contributed by atoms with Crippen LogP contribution in [0.1, 0.15) is 32.6 Å². The third-order valence-electron chi connectivity index (χ3n) is 3.62. The summed E-state index contributed by atoms with van der Waals surface area (Å²) in [7, 11) is 0. The van der Waals surface area contributed by atoms with E-state index in [1.54, 1.807) is 0 Å². The number of amides is 3. The van der Waals surface area contributed by atoms with Crippen molar-refractivity contribution in [3.8, 4) is 0 Å². The summed E-state index contributed by atoms with van der Waals surface area (Å²) in [6.07, 6.45) is 1.12. The van der Waals surface area contributed by atoms with Gasteiger partial charge in [0.2, 0.25) is 17.7 Å². The Morgan fingerprint density at radius 3 is 2.56 bits per heavy atom. The van der Waals surface area contributed by atoms with Gasteiger partial charge >= 0.3 is 5.97 Å². The molecule has 11 nitrogen and oxygen atoms in total. The number of rotatable bonds is 9. The van der Waals surface area contributed by atoms with Gasteiger partial charge in [0.05, 0.1) is 0 Å². The molecule has 8 N–H and O–H groups in total. The van der Waals surface area contributed by atoms with Gasteiger partial charge in [-0.2, -0.15) is 0 Å². The Bertz CT molecular complexity index is 560. The van der Waals surface area contributed by atoms with Crippen LogP contribution >= 0.6 is 0 Å². The molecule has 25 heavy (non-hydrogen) atoms. The second-order valence-electron chi connectivity index (χ2n) is 5.74. The van der Waals surface area contributed by atoms with E-state index in [-0.39, 0.29) is 31.3 Å². The van der Waals surface area contributed by atoms with Crippen LogP contribution < -0.4 is 27.4 Å². The number of carbonyl (C=O) groups is 4. The minimum atomic E-state index is -1.19. The minimum absolute atomic E-state index is 0.0914. The van der Waals surface area contributed by atoms with E-state index in [1.165, 1.54) is 6.92 Å². The highest BCUT2D eigenvalue weighted by molar-refractivity contribution is 5.94. The van der Waals surface area contributed by atoms with Gasteiger partial charge in [-0.15, -0.1) is 0 Å². The Morgan fingerprint density at radius 2 is 2.04 bits per heavy atom. The molecule has 140 valence electrons. The second kappa shape index (κ2) is 9.45. The summed E-state index contributed by atoms with van der Waals surface area (Å²) >= 11 is 0. The first-order chi connectivity index (χ1) is 11.7. The van der Waals surface area contributed by atoms with Crippen molar-refractivity contribution in [2.45, 2.75) is 50.7 Å². The molecule has 0 radical (unpaired) electrons. The third-order valence-corrected chi connectivity index (χ3v) is 3.62. The van der Waals surface area contributed by atoms with Crippen LogP contribution in [0.5, 0.6) is 0 Å². The number of guanidine groups is 1. The summed E-state index contributed by atoms with van der Waals surface area (Å²) in [6.45, 7) is 1.68. The van der Waals surface area contributed by atoms with Gasteiger partial charge in [0.1, 0.15) is 18.1 Å². The molecular weight excluding hydrogens is 332 g/mol. The minimum Gasteiger partial charge on any atom is -0.480 e.